The molecule has 31 heavy (non-hydrogen) atoms. The molecular formula is C22H26ClFN2O4S. The zero-order chi connectivity index (χ0) is 22.3. The van der Waals surface area contributed by atoms with E-state index in [0.717, 1.165) is 23.2 Å². The number of benzene rings is 2. The Kier molecular flexibility index (Phi) is 8.28. The molecule has 2 aromatic rings. The first-order chi connectivity index (χ1) is 14.9. The van der Waals surface area contributed by atoms with E-state index in [1.807, 2.05) is 0 Å². The Morgan fingerprint density at radius 3 is 2.55 bits per heavy atom. The fraction of sp³-hybridized carbons (Fsp3) is 0.409. The van der Waals surface area contributed by atoms with Crippen LogP contribution in [0.15, 0.2) is 53.4 Å². The summed E-state index contributed by atoms with van der Waals surface area (Å²) in [6.45, 7) is 0.460. The van der Waals surface area contributed by atoms with Gasteiger partial charge in [0.05, 0.1) is 21.7 Å². The van der Waals surface area contributed by atoms with Crippen LogP contribution in [0.2, 0.25) is 5.02 Å². The summed E-state index contributed by atoms with van der Waals surface area (Å²) in [5.41, 5.74) is 0.106. The number of nitrogens with zero attached hydrogens (tertiary/aromatic N) is 1. The second-order valence-electron chi connectivity index (χ2n) is 7.40. The first-order valence-electron chi connectivity index (χ1n) is 10.3. The van der Waals surface area contributed by atoms with Gasteiger partial charge in [0.1, 0.15) is 12.4 Å². The van der Waals surface area contributed by atoms with Crippen LogP contribution >= 0.6 is 11.6 Å². The van der Waals surface area contributed by atoms with Crippen molar-refractivity contribution >= 4 is 33.2 Å². The average Bonchev–Trinajstić information content (AvgIpc) is 3.28. The minimum Gasteiger partial charge on any atom is -0.378 e. The van der Waals surface area contributed by atoms with Gasteiger partial charge in [-0.05, 0) is 49.6 Å². The molecule has 0 atom stereocenters. The van der Waals surface area contributed by atoms with Crippen molar-refractivity contribution in [2.24, 2.45) is 0 Å². The number of rotatable bonds is 10. The SMILES string of the molecule is O=C(CN(c1ccc(F)c(Cl)c1)S(=O)(=O)c1ccccc1)NCCCOC1CCCC1. The molecule has 1 N–H and O–H groups in total. The standard InChI is InChI=1S/C22H26ClFN2O4S/c23-20-15-17(11-12-21(20)24)26(31(28,29)19-9-2-1-3-10-19)16-22(27)25-13-6-14-30-18-7-4-5-8-18/h1-3,9-12,15,18H,4-8,13-14,16H2,(H,25,27). The van der Waals surface area contributed by atoms with E-state index in [9.17, 15) is 17.6 Å². The van der Waals surface area contributed by atoms with Gasteiger partial charge in [0, 0.05) is 13.2 Å². The van der Waals surface area contributed by atoms with Crippen molar-refractivity contribution in [3.05, 3.63) is 59.4 Å². The van der Waals surface area contributed by atoms with Crippen LogP contribution < -0.4 is 9.62 Å². The van der Waals surface area contributed by atoms with Crippen molar-refractivity contribution in [2.45, 2.75) is 43.1 Å². The minimum absolute atomic E-state index is 0.0215. The van der Waals surface area contributed by atoms with E-state index in [0.29, 0.717) is 25.7 Å². The van der Waals surface area contributed by atoms with Crippen molar-refractivity contribution in [1.82, 2.24) is 5.32 Å². The molecule has 0 heterocycles. The number of anilines is 1. The molecule has 1 fully saturated rings. The lowest BCUT2D eigenvalue weighted by molar-refractivity contribution is -0.119. The lowest BCUT2D eigenvalue weighted by Gasteiger charge is -2.24. The zero-order valence-electron chi connectivity index (χ0n) is 17.1. The fourth-order valence-corrected chi connectivity index (χ4v) is 5.07. The highest BCUT2D eigenvalue weighted by Gasteiger charge is 2.27. The number of amides is 1. The first-order valence-corrected chi connectivity index (χ1v) is 12.1. The molecule has 0 unspecified atom stereocenters. The van der Waals surface area contributed by atoms with Gasteiger partial charge in [-0.3, -0.25) is 9.10 Å². The number of ether oxygens (including phenoxy) is 1. The fourth-order valence-electron chi connectivity index (χ4n) is 3.47. The highest BCUT2D eigenvalue weighted by Crippen LogP contribution is 2.27. The van der Waals surface area contributed by atoms with Crippen LogP contribution in [0.5, 0.6) is 0 Å². The van der Waals surface area contributed by atoms with Crippen molar-refractivity contribution in [1.29, 1.82) is 0 Å². The summed E-state index contributed by atoms with van der Waals surface area (Å²) in [7, 11) is -4.06. The second-order valence-corrected chi connectivity index (χ2v) is 9.67. The van der Waals surface area contributed by atoms with Crippen LogP contribution in [-0.2, 0) is 19.6 Å². The predicted octanol–water partition coefficient (Wildman–Crippen LogP) is 4.14. The third kappa shape index (κ3) is 6.41. The van der Waals surface area contributed by atoms with Gasteiger partial charge in [-0.2, -0.15) is 0 Å². The molecule has 1 aliphatic rings. The molecule has 0 aliphatic heterocycles. The van der Waals surface area contributed by atoms with Gasteiger partial charge in [0.15, 0.2) is 0 Å². The predicted molar refractivity (Wildman–Crippen MR) is 118 cm³/mol. The molecular weight excluding hydrogens is 443 g/mol. The van der Waals surface area contributed by atoms with Gasteiger partial charge in [0.2, 0.25) is 5.91 Å². The van der Waals surface area contributed by atoms with Gasteiger partial charge in [-0.25, -0.2) is 12.8 Å². The average molecular weight is 469 g/mol. The summed E-state index contributed by atoms with van der Waals surface area (Å²) in [6.07, 6.45) is 5.50. The van der Waals surface area contributed by atoms with Gasteiger partial charge in [-0.1, -0.05) is 42.6 Å². The van der Waals surface area contributed by atoms with Crippen LogP contribution in [0.3, 0.4) is 0 Å². The van der Waals surface area contributed by atoms with E-state index in [1.165, 1.54) is 37.1 Å². The number of carbonyl (C=O) groups is 1. The Morgan fingerprint density at radius 1 is 1.16 bits per heavy atom. The number of hydrogen-bond donors (Lipinski definition) is 1. The molecule has 2 aromatic carbocycles. The van der Waals surface area contributed by atoms with Crippen LogP contribution in [0, 0.1) is 5.82 Å². The Hall–Kier alpha value is -2.16. The quantitative estimate of drug-likeness (QED) is 0.532. The third-order valence-corrected chi connectivity index (χ3v) is 7.19. The Bertz CT molecular complexity index is 982. The molecule has 0 aromatic heterocycles. The van der Waals surface area contributed by atoms with Gasteiger partial charge in [-0.15, -0.1) is 0 Å². The number of nitrogens with one attached hydrogen (secondary N) is 1. The van der Waals surface area contributed by atoms with Crippen LogP contribution in [0.1, 0.15) is 32.1 Å². The highest BCUT2D eigenvalue weighted by atomic mass is 35.5. The van der Waals surface area contributed by atoms with Gasteiger partial charge >= 0.3 is 0 Å². The third-order valence-electron chi connectivity index (χ3n) is 5.11. The molecule has 9 heteroatoms. The smallest absolute Gasteiger partial charge is 0.264 e. The normalized spacial score (nSPS) is 14.5. The summed E-state index contributed by atoms with van der Waals surface area (Å²) < 4.78 is 46.7. The van der Waals surface area contributed by atoms with Gasteiger partial charge in [0.25, 0.3) is 10.0 Å². The first kappa shape index (κ1) is 23.5. The second kappa shape index (κ2) is 10.9. The van der Waals surface area contributed by atoms with E-state index in [2.05, 4.69) is 5.32 Å². The lowest BCUT2D eigenvalue weighted by atomic mass is 10.3. The molecule has 6 nitrogen and oxygen atoms in total. The molecule has 0 spiro atoms. The maximum atomic E-state index is 13.6. The Labute approximate surface area is 187 Å². The largest absolute Gasteiger partial charge is 0.378 e. The van der Waals surface area contributed by atoms with Crippen molar-refractivity contribution in [3.63, 3.8) is 0 Å². The number of carbonyl (C=O) groups excluding carboxylic acids is 1. The van der Waals surface area contributed by atoms with Crippen LogP contribution in [-0.4, -0.2) is 40.1 Å². The number of halogens is 2. The highest BCUT2D eigenvalue weighted by molar-refractivity contribution is 7.92. The Balaban J connectivity index is 1.66. The van der Waals surface area contributed by atoms with E-state index >= 15 is 0 Å². The van der Waals surface area contributed by atoms with E-state index < -0.39 is 28.3 Å². The molecule has 1 amide bonds. The summed E-state index contributed by atoms with van der Waals surface area (Å²) in [5.74, 6) is -1.14. The van der Waals surface area contributed by atoms with E-state index in [4.69, 9.17) is 16.3 Å². The van der Waals surface area contributed by atoms with Crippen LogP contribution in [0.25, 0.3) is 0 Å². The molecule has 0 bridgehead atoms. The maximum absolute atomic E-state index is 13.6. The van der Waals surface area contributed by atoms with E-state index in [-0.39, 0.29) is 15.6 Å². The lowest BCUT2D eigenvalue weighted by Crippen LogP contribution is -2.41. The van der Waals surface area contributed by atoms with Gasteiger partial charge < -0.3 is 10.1 Å². The van der Waals surface area contributed by atoms with E-state index in [1.54, 1.807) is 18.2 Å². The molecule has 1 aliphatic carbocycles. The Morgan fingerprint density at radius 2 is 1.87 bits per heavy atom. The maximum Gasteiger partial charge on any atom is 0.264 e. The van der Waals surface area contributed by atoms with Crippen LogP contribution in [0.4, 0.5) is 10.1 Å². The summed E-state index contributed by atoms with van der Waals surface area (Å²) in [6, 6.07) is 11.3. The summed E-state index contributed by atoms with van der Waals surface area (Å²) in [5, 5.41) is 2.50. The minimum atomic E-state index is -4.06. The van der Waals surface area contributed by atoms with Crippen molar-refractivity contribution in [3.8, 4) is 0 Å². The molecule has 0 radical (unpaired) electrons. The molecule has 3 rings (SSSR count). The number of sulfonamides is 1. The molecule has 0 saturated heterocycles. The molecule has 168 valence electrons. The number of hydrogen-bond acceptors (Lipinski definition) is 4. The topological polar surface area (TPSA) is 75.7 Å². The monoisotopic (exact) mass is 468 g/mol. The zero-order valence-corrected chi connectivity index (χ0v) is 18.7. The molecule has 1 saturated carbocycles. The summed E-state index contributed by atoms with van der Waals surface area (Å²) >= 11 is 5.85. The van der Waals surface area contributed by atoms with Crippen molar-refractivity contribution < 1.29 is 22.3 Å². The summed E-state index contributed by atoms with van der Waals surface area (Å²) in [4.78, 5) is 12.5. The van der Waals surface area contributed by atoms with Crippen molar-refractivity contribution in [2.75, 3.05) is 24.0 Å².